The predicted molar refractivity (Wildman–Crippen MR) is 56.8 cm³/mol. The third-order valence-electron chi connectivity index (χ3n) is 2.77. The molecule has 0 unspecified atom stereocenters. The second kappa shape index (κ2) is 5.11. The van der Waals surface area contributed by atoms with E-state index >= 15 is 0 Å². The highest BCUT2D eigenvalue weighted by molar-refractivity contribution is 6.07. The van der Waals surface area contributed by atoms with Crippen molar-refractivity contribution in [1.82, 2.24) is 9.80 Å². The van der Waals surface area contributed by atoms with E-state index in [-0.39, 0.29) is 5.91 Å². The first-order valence-corrected chi connectivity index (χ1v) is 5.10. The maximum absolute atomic E-state index is 11.4. The largest absolute Gasteiger partial charge is 0.369 e. The summed E-state index contributed by atoms with van der Waals surface area (Å²) in [7, 11) is 4.08. The van der Waals surface area contributed by atoms with Gasteiger partial charge in [-0.25, -0.2) is 0 Å². The molecule has 5 heteroatoms. The van der Waals surface area contributed by atoms with Crippen LogP contribution in [0.25, 0.3) is 0 Å². The number of nitrogens with zero attached hydrogens (tertiary/aromatic N) is 2. The van der Waals surface area contributed by atoms with E-state index in [4.69, 9.17) is 5.73 Å². The van der Waals surface area contributed by atoms with Crippen LogP contribution in [0.15, 0.2) is 0 Å². The van der Waals surface area contributed by atoms with Gasteiger partial charge in [0.1, 0.15) is 6.42 Å². The molecule has 0 aromatic carbocycles. The zero-order chi connectivity index (χ0) is 11.4. The molecule has 0 spiro atoms. The Morgan fingerprint density at radius 3 is 2.27 bits per heavy atom. The van der Waals surface area contributed by atoms with Gasteiger partial charge >= 0.3 is 0 Å². The lowest BCUT2D eigenvalue weighted by Crippen LogP contribution is -2.45. The summed E-state index contributed by atoms with van der Waals surface area (Å²) in [6.45, 7) is 1.40. The van der Waals surface area contributed by atoms with E-state index in [9.17, 15) is 9.59 Å². The van der Waals surface area contributed by atoms with E-state index in [2.05, 4.69) is 4.90 Å². The second-order valence-corrected chi connectivity index (χ2v) is 4.07. The molecule has 1 aliphatic rings. The maximum atomic E-state index is 11.4. The van der Waals surface area contributed by atoms with Crippen molar-refractivity contribution in [3.63, 3.8) is 0 Å². The molecule has 1 fully saturated rings. The summed E-state index contributed by atoms with van der Waals surface area (Å²) in [5.74, 6) is -0.936. The number of carbonyl (C=O) groups excluding carboxylic acids is 2. The first kappa shape index (κ1) is 12.0. The number of rotatable bonds is 3. The Bertz CT molecular complexity index is 245. The van der Waals surface area contributed by atoms with Gasteiger partial charge in [-0.3, -0.25) is 9.59 Å². The number of hydrogen-bond donors (Lipinski definition) is 1. The third-order valence-corrected chi connectivity index (χ3v) is 2.77. The molecular formula is C10H18N3O2. The van der Waals surface area contributed by atoms with Crippen LogP contribution in [0, 0.1) is 6.42 Å². The molecule has 0 saturated carbocycles. The summed E-state index contributed by atoms with van der Waals surface area (Å²) >= 11 is 0. The van der Waals surface area contributed by atoms with Crippen molar-refractivity contribution in [2.24, 2.45) is 5.73 Å². The monoisotopic (exact) mass is 212 g/mol. The minimum absolute atomic E-state index is 0.264. The fourth-order valence-corrected chi connectivity index (χ4v) is 1.82. The number of nitrogens with two attached hydrogens (primary N) is 1. The van der Waals surface area contributed by atoms with Crippen LogP contribution in [0.5, 0.6) is 0 Å². The van der Waals surface area contributed by atoms with Crippen molar-refractivity contribution < 1.29 is 9.59 Å². The molecule has 0 bridgehead atoms. The highest BCUT2D eigenvalue weighted by atomic mass is 16.2. The second-order valence-electron chi connectivity index (χ2n) is 4.07. The van der Waals surface area contributed by atoms with E-state index < -0.39 is 5.91 Å². The van der Waals surface area contributed by atoms with Crippen LogP contribution < -0.4 is 5.73 Å². The molecule has 2 amide bonds. The van der Waals surface area contributed by atoms with Crippen molar-refractivity contribution >= 4 is 11.8 Å². The number of likely N-dealkylation sites (tertiary alicyclic amines) is 1. The molecular weight excluding hydrogens is 194 g/mol. The summed E-state index contributed by atoms with van der Waals surface area (Å²) in [6, 6.07) is 0.530. The van der Waals surface area contributed by atoms with Crippen LogP contribution in [-0.2, 0) is 9.59 Å². The average Bonchev–Trinajstić information content (AvgIpc) is 2.17. The molecule has 1 radical (unpaired) electrons. The maximum Gasteiger partial charge on any atom is 0.236 e. The normalized spacial score (nSPS) is 18.2. The summed E-state index contributed by atoms with van der Waals surface area (Å²) in [5.41, 5.74) is 4.93. The number of hydrogen-bond acceptors (Lipinski definition) is 3. The van der Waals surface area contributed by atoms with Crippen molar-refractivity contribution in [2.45, 2.75) is 18.9 Å². The first-order chi connectivity index (χ1) is 7.00. The Morgan fingerprint density at radius 1 is 1.33 bits per heavy atom. The summed E-state index contributed by atoms with van der Waals surface area (Å²) in [6.07, 6.45) is 2.85. The van der Waals surface area contributed by atoms with Gasteiger partial charge in [0.15, 0.2) is 0 Å². The molecule has 0 aromatic heterocycles. The van der Waals surface area contributed by atoms with Gasteiger partial charge in [-0.2, -0.15) is 0 Å². The Balaban J connectivity index is 2.37. The molecule has 1 rings (SSSR count). The summed E-state index contributed by atoms with van der Waals surface area (Å²) in [5, 5.41) is 0. The third kappa shape index (κ3) is 3.51. The summed E-state index contributed by atoms with van der Waals surface area (Å²) in [4.78, 5) is 25.8. The van der Waals surface area contributed by atoms with Gasteiger partial charge in [0.2, 0.25) is 11.8 Å². The molecule has 15 heavy (non-hydrogen) atoms. The van der Waals surface area contributed by atoms with Gasteiger partial charge in [0, 0.05) is 19.1 Å². The van der Waals surface area contributed by atoms with Crippen molar-refractivity contribution in [3.8, 4) is 0 Å². The minimum atomic E-state index is -0.672. The molecule has 2 N–H and O–H groups in total. The van der Waals surface area contributed by atoms with E-state index in [0.29, 0.717) is 19.1 Å². The molecule has 1 heterocycles. The van der Waals surface area contributed by atoms with Gasteiger partial charge in [-0.1, -0.05) is 0 Å². The predicted octanol–water partition coefficient (Wildman–Crippen LogP) is -0.771. The number of carbonyl (C=O) groups is 2. The minimum Gasteiger partial charge on any atom is -0.369 e. The van der Waals surface area contributed by atoms with Crippen LogP contribution in [0.1, 0.15) is 12.8 Å². The lowest BCUT2D eigenvalue weighted by molar-refractivity contribution is -0.131. The van der Waals surface area contributed by atoms with E-state index in [1.807, 2.05) is 14.1 Å². The van der Waals surface area contributed by atoms with Crippen LogP contribution in [0.2, 0.25) is 0 Å². The molecule has 5 nitrogen and oxygen atoms in total. The smallest absolute Gasteiger partial charge is 0.236 e. The fraction of sp³-hybridized carbons (Fsp3) is 0.700. The molecule has 0 atom stereocenters. The highest BCUT2D eigenvalue weighted by Crippen LogP contribution is 2.14. The lowest BCUT2D eigenvalue weighted by atomic mass is 10.0. The number of amides is 2. The molecule has 0 aliphatic carbocycles. The van der Waals surface area contributed by atoms with Crippen LogP contribution in [-0.4, -0.2) is 54.8 Å². The average molecular weight is 212 g/mol. The van der Waals surface area contributed by atoms with Gasteiger partial charge in [0.05, 0.1) is 0 Å². The Labute approximate surface area is 90.2 Å². The van der Waals surface area contributed by atoms with E-state index in [1.54, 1.807) is 4.90 Å². The van der Waals surface area contributed by atoms with E-state index in [0.717, 1.165) is 19.3 Å². The van der Waals surface area contributed by atoms with Gasteiger partial charge < -0.3 is 15.5 Å². The van der Waals surface area contributed by atoms with Gasteiger partial charge in [-0.05, 0) is 26.9 Å². The van der Waals surface area contributed by atoms with Crippen molar-refractivity contribution in [1.29, 1.82) is 0 Å². The zero-order valence-electron chi connectivity index (χ0n) is 9.27. The lowest BCUT2D eigenvalue weighted by Gasteiger charge is -2.35. The molecule has 1 aliphatic heterocycles. The van der Waals surface area contributed by atoms with Crippen LogP contribution in [0.4, 0.5) is 0 Å². The molecule has 1 saturated heterocycles. The molecule has 85 valence electrons. The topological polar surface area (TPSA) is 66.6 Å². The van der Waals surface area contributed by atoms with Gasteiger partial charge in [-0.15, -0.1) is 0 Å². The number of primary amides is 1. The Kier molecular flexibility index (Phi) is 4.08. The van der Waals surface area contributed by atoms with Crippen LogP contribution in [0.3, 0.4) is 0 Å². The highest BCUT2D eigenvalue weighted by Gasteiger charge is 2.24. The quantitative estimate of drug-likeness (QED) is 0.625. The Morgan fingerprint density at radius 2 is 1.87 bits per heavy atom. The SMILES string of the molecule is CN(C)C1CCN(C(=O)[CH]C(N)=O)CC1. The van der Waals surface area contributed by atoms with E-state index in [1.165, 1.54) is 0 Å². The van der Waals surface area contributed by atoms with Crippen molar-refractivity contribution in [2.75, 3.05) is 27.2 Å². The zero-order valence-corrected chi connectivity index (χ0v) is 9.27. The standard InChI is InChI=1S/C10H18N3O2/c1-12(2)8-3-5-13(6-4-8)10(15)7-9(11)14/h7-8H,3-6H2,1-2H3,(H2,11,14). The molecule has 0 aromatic rings. The fourth-order valence-electron chi connectivity index (χ4n) is 1.82. The summed E-state index contributed by atoms with van der Waals surface area (Å²) < 4.78 is 0. The van der Waals surface area contributed by atoms with Gasteiger partial charge in [0.25, 0.3) is 0 Å². The first-order valence-electron chi connectivity index (χ1n) is 5.10. The van der Waals surface area contributed by atoms with Crippen LogP contribution >= 0.6 is 0 Å². The Hall–Kier alpha value is -1.10. The number of piperidine rings is 1. The van der Waals surface area contributed by atoms with Crippen molar-refractivity contribution in [3.05, 3.63) is 6.42 Å².